The molecule has 14 heavy (non-hydrogen) atoms. The van der Waals surface area contributed by atoms with E-state index >= 15 is 0 Å². The molecule has 2 aliphatic carbocycles. The number of halogens is 1. The molecule has 0 atom stereocenters. The van der Waals surface area contributed by atoms with Crippen LogP contribution in [0.15, 0.2) is 48.6 Å². The molecule has 0 aliphatic heterocycles. The van der Waals surface area contributed by atoms with Crippen LogP contribution in [0.1, 0.15) is 6.42 Å². The van der Waals surface area contributed by atoms with Crippen LogP contribution in [0.5, 0.6) is 0 Å². The molecule has 0 radical (unpaired) electrons. The number of rotatable bonds is 2. The van der Waals surface area contributed by atoms with Crippen molar-refractivity contribution in [1.29, 1.82) is 0 Å². The van der Waals surface area contributed by atoms with Gasteiger partial charge in [-0.2, -0.15) is 0 Å². The van der Waals surface area contributed by atoms with E-state index in [4.69, 9.17) is 0 Å². The van der Waals surface area contributed by atoms with E-state index in [1.54, 1.807) is 0 Å². The maximum Gasteiger partial charge on any atom is 0.0108 e. The van der Waals surface area contributed by atoms with Crippen LogP contribution in [0, 0.1) is 11.8 Å². The summed E-state index contributed by atoms with van der Waals surface area (Å²) in [6.45, 7) is 0. The molecule has 0 aromatic heterocycles. The molecule has 0 heterocycles. The van der Waals surface area contributed by atoms with Crippen LogP contribution in [0.25, 0.3) is 0 Å². The van der Waals surface area contributed by atoms with E-state index in [0.29, 0.717) is 11.8 Å². The molecule has 74 valence electrons. The molecule has 0 N–H and O–H groups in total. The minimum absolute atomic E-state index is 0. The molecule has 0 fully saturated rings. The van der Waals surface area contributed by atoms with Gasteiger partial charge in [-0.05, 0) is 18.3 Å². The first-order valence-electron chi connectivity index (χ1n) is 4.53. The number of hydrogen-bond donors (Lipinski definition) is 0. The molecule has 0 amide bonds. The Bertz CT molecular complexity index is 201. The van der Waals surface area contributed by atoms with Gasteiger partial charge in [0.1, 0.15) is 0 Å². The fourth-order valence-corrected chi connectivity index (χ4v) is 1.58. The van der Waals surface area contributed by atoms with Crippen LogP contribution in [0.3, 0.4) is 0 Å². The zero-order valence-electron chi connectivity index (χ0n) is 8.36. The smallest absolute Gasteiger partial charge is 0.0108 e. The average Bonchev–Trinajstić information content (AvgIpc) is 2.81. The van der Waals surface area contributed by atoms with E-state index in [9.17, 15) is 0 Å². The van der Waals surface area contributed by atoms with E-state index in [2.05, 4.69) is 60.2 Å². The molecule has 0 aromatic rings. The molecule has 0 saturated heterocycles. The van der Waals surface area contributed by atoms with Crippen molar-refractivity contribution in [3.63, 3.8) is 0 Å². The average molecular weight is 373 g/mol. The van der Waals surface area contributed by atoms with Crippen molar-refractivity contribution < 1.29 is 25.8 Å². The molecule has 0 aromatic carbocycles. The normalized spacial score (nSPS) is 18.1. The fourth-order valence-electron chi connectivity index (χ4n) is 1.58. The van der Waals surface area contributed by atoms with Crippen LogP contribution in [0.4, 0.5) is 0 Å². The van der Waals surface area contributed by atoms with E-state index in [0.717, 1.165) is 0 Å². The van der Waals surface area contributed by atoms with Gasteiger partial charge < -0.3 is 0 Å². The summed E-state index contributed by atoms with van der Waals surface area (Å²) >= 11 is 4.64. The standard InChI is InChI=1S/C11H12.CH3Cl.Hf/c1-2-6-10(5-1)9-11-7-3-4-8-11;1-2;/h1-8,10-11H,9H2;1H3;. The summed E-state index contributed by atoms with van der Waals surface area (Å²) in [5, 5.41) is 0. The third-order valence-electron chi connectivity index (χ3n) is 2.20. The summed E-state index contributed by atoms with van der Waals surface area (Å²) in [5.41, 5.74) is 0. The van der Waals surface area contributed by atoms with Crippen LogP contribution in [-0.4, -0.2) is 6.38 Å². The molecule has 2 aliphatic rings. The molecular formula is C12H15ClHf. The summed E-state index contributed by atoms with van der Waals surface area (Å²) < 4.78 is 0. The van der Waals surface area contributed by atoms with Crippen molar-refractivity contribution >= 4 is 11.6 Å². The Balaban J connectivity index is 0.000000531. The first-order valence-corrected chi connectivity index (χ1v) is 5.28. The van der Waals surface area contributed by atoms with E-state index in [1.165, 1.54) is 12.8 Å². The Morgan fingerprint density at radius 2 is 1.07 bits per heavy atom. The summed E-state index contributed by atoms with van der Waals surface area (Å²) in [4.78, 5) is 0. The van der Waals surface area contributed by atoms with Crippen molar-refractivity contribution in [3.8, 4) is 0 Å². The van der Waals surface area contributed by atoms with Gasteiger partial charge in [-0.1, -0.05) is 48.6 Å². The largest absolute Gasteiger partial charge is 0.130 e. The van der Waals surface area contributed by atoms with E-state index in [-0.39, 0.29) is 25.8 Å². The third-order valence-corrected chi connectivity index (χ3v) is 2.20. The Kier molecular flexibility index (Phi) is 8.50. The molecule has 0 spiro atoms. The molecule has 0 unspecified atom stereocenters. The van der Waals surface area contributed by atoms with Crippen molar-refractivity contribution in [2.75, 3.05) is 6.38 Å². The summed E-state index contributed by atoms with van der Waals surface area (Å²) in [6.07, 6.45) is 20.3. The van der Waals surface area contributed by atoms with Crippen molar-refractivity contribution in [2.24, 2.45) is 11.8 Å². The van der Waals surface area contributed by atoms with Crippen LogP contribution in [0.2, 0.25) is 0 Å². The molecule has 2 heteroatoms. The van der Waals surface area contributed by atoms with Gasteiger partial charge in [0, 0.05) is 32.2 Å². The quantitative estimate of drug-likeness (QED) is 0.512. The molecule has 0 bridgehead atoms. The Hall–Kier alpha value is 0.120. The molecular weight excluding hydrogens is 358 g/mol. The van der Waals surface area contributed by atoms with Gasteiger partial charge in [0.15, 0.2) is 0 Å². The summed E-state index contributed by atoms with van der Waals surface area (Å²) in [5.74, 6) is 1.35. The predicted octanol–water partition coefficient (Wildman–Crippen LogP) is 3.71. The van der Waals surface area contributed by atoms with Gasteiger partial charge in [-0.3, -0.25) is 0 Å². The van der Waals surface area contributed by atoms with Gasteiger partial charge in [0.2, 0.25) is 0 Å². The van der Waals surface area contributed by atoms with Crippen LogP contribution in [-0.2, 0) is 25.8 Å². The van der Waals surface area contributed by atoms with E-state index < -0.39 is 0 Å². The SMILES string of the molecule is C1=CC(CC2C=CC=C2)C=C1.CCl.[Hf]. The van der Waals surface area contributed by atoms with Crippen LogP contribution >= 0.6 is 11.6 Å². The summed E-state index contributed by atoms with van der Waals surface area (Å²) in [6, 6.07) is 0. The second-order valence-corrected chi connectivity index (χ2v) is 3.10. The fraction of sp³-hybridized carbons (Fsp3) is 0.333. The zero-order chi connectivity index (χ0) is 9.52. The first-order chi connectivity index (χ1) is 6.45. The topological polar surface area (TPSA) is 0 Å². The predicted molar refractivity (Wildman–Crippen MR) is 59.9 cm³/mol. The van der Waals surface area contributed by atoms with Gasteiger partial charge in [0.05, 0.1) is 0 Å². The third kappa shape index (κ3) is 4.56. The maximum absolute atomic E-state index is 4.64. The van der Waals surface area contributed by atoms with Gasteiger partial charge in [-0.15, -0.1) is 11.6 Å². The second kappa shape index (κ2) is 8.43. The van der Waals surface area contributed by atoms with Crippen molar-refractivity contribution in [3.05, 3.63) is 48.6 Å². The van der Waals surface area contributed by atoms with Gasteiger partial charge in [0.25, 0.3) is 0 Å². The Morgan fingerprint density at radius 3 is 1.36 bits per heavy atom. The minimum atomic E-state index is 0. The molecule has 2 rings (SSSR count). The van der Waals surface area contributed by atoms with Crippen molar-refractivity contribution in [2.45, 2.75) is 6.42 Å². The number of alkyl halides is 1. The Labute approximate surface area is 110 Å². The Morgan fingerprint density at radius 1 is 0.786 bits per heavy atom. The van der Waals surface area contributed by atoms with Gasteiger partial charge in [-0.25, -0.2) is 0 Å². The zero-order valence-corrected chi connectivity index (χ0v) is 12.7. The first kappa shape index (κ1) is 14.1. The number of allylic oxidation sites excluding steroid dienone is 8. The molecule has 0 nitrogen and oxygen atoms in total. The maximum atomic E-state index is 4.64. The van der Waals surface area contributed by atoms with Crippen LogP contribution < -0.4 is 0 Å². The monoisotopic (exact) mass is 374 g/mol. The van der Waals surface area contributed by atoms with Crippen molar-refractivity contribution in [1.82, 2.24) is 0 Å². The number of hydrogen-bond acceptors (Lipinski definition) is 0. The summed E-state index contributed by atoms with van der Waals surface area (Å²) in [7, 11) is 0. The van der Waals surface area contributed by atoms with E-state index in [1.807, 2.05) is 0 Å². The minimum Gasteiger partial charge on any atom is -0.130 e. The van der Waals surface area contributed by atoms with Gasteiger partial charge >= 0.3 is 0 Å². The molecule has 0 saturated carbocycles. The second-order valence-electron chi connectivity index (χ2n) is 3.10.